The van der Waals surface area contributed by atoms with Crippen LogP contribution < -0.4 is 0 Å². The van der Waals surface area contributed by atoms with Crippen molar-refractivity contribution in [2.75, 3.05) is 0 Å². The molecule has 1 heteroatoms. The van der Waals surface area contributed by atoms with Crippen molar-refractivity contribution in [2.24, 2.45) is 5.92 Å². The van der Waals surface area contributed by atoms with Gasteiger partial charge in [0.1, 0.15) is 5.78 Å². The minimum Gasteiger partial charge on any atom is -0.299 e. The van der Waals surface area contributed by atoms with Gasteiger partial charge in [0.05, 0.1) is 0 Å². The van der Waals surface area contributed by atoms with E-state index in [1.54, 1.807) is 6.92 Å². The van der Waals surface area contributed by atoms with Gasteiger partial charge in [-0.1, -0.05) is 38.1 Å². The fourth-order valence-corrected chi connectivity index (χ4v) is 1.98. The first kappa shape index (κ1) is 11.0. The maximum Gasteiger partial charge on any atom is 0.137 e. The molecule has 1 aromatic rings. The number of carbonyl (C=O) groups is 1. The van der Waals surface area contributed by atoms with Crippen LogP contribution in [-0.4, -0.2) is 5.78 Å². The van der Waals surface area contributed by atoms with Gasteiger partial charge in [-0.3, -0.25) is 4.79 Å². The Kier molecular flexibility index (Phi) is 3.45. The molecule has 0 aliphatic rings. The topological polar surface area (TPSA) is 17.1 Å². The van der Waals surface area contributed by atoms with Crippen molar-refractivity contribution in [3.8, 4) is 0 Å². The van der Waals surface area contributed by atoms with E-state index in [9.17, 15) is 4.79 Å². The second-order valence-electron chi connectivity index (χ2n) is 4.19. The number of rotatable bonds is 3. The van der Waals surface area contributed by atoms with Gasteiger partial charge in [-0.15, -0.1) is 0 Å². The van der Waals surface area contributed by atoms with Gasteiger partial charge in [0.2, 0.25) is 0 Å². The maximum absolute atomic E-state index is 11.5. The maximum atomic E-state index is 11.5. The lowest BCUT2D eigenvalue weighted by molar-refractivity contribution is -0.119. The average Bonchev–Trinajstić information content (AvgIpc) is 2.07. The molecule has 0 N–H and O–H groups in total. The average molecular weight is 190 g/mol. The molecule has 0 spiro atoms. The molecule has 1 nitrogen and oxygen atoms in total. The van der Waals surface area contributed by atoms with Crippen LogP contribution in [-0.2, 0) is 4.79 Å². The zero-order chi connectivity index (χ0) is 10.7. The van der Waals surface area contributed by atoms with Crippen molar-refractivity contribution in [1.29, 1.82) is 0 Å². The summed E-state index contributed by atoms with van der Waals surface area (Å²) in [6.07, 6.45) is 0. The predicted octanol–water partition coefficient (Wildman–Crippen LogP) is 3.32. The summed E-state index contributed by atoms with van der Waals surface area (Å²) in [5, 5.41) is 0. The van der Waals surface area contributed by atoms with Crippen LogP contribution >= 0.6 is 0 Å². The summed E-state index contributed by atoms with van der Waals surface area (Å²) in [4.78, 5) is 11.5. The minimum atomic E-state index is 0.0520. The van der Waals surface area contributed by atoms with Crippen LogP contribution in [0.1, 0.15) is 37.8 Å². The van der Waals surface area contributed by atoms with Crippen LogP contribution in [0.4, 0.5) is 0 Å². The first-order chi connectivity index (χ1) is 6.54. The van der Waals surface area contributed by atoms with Crippen molar-refractivity contribution in [3.63, 3.8) is 0 Å². The Morgan fingerprint density at radius 3 is 2.21 bits per heavy atom. The molecule has 0 saturated carbocycles. The summed E-state index contributed by atoms with van der Waals surface area (Å²) in [6, 6.07) is 8.13. The molecule has 14 heavy (non-hydrogen) atoms. The molecule has 0 heterocycles. The second-order valence-corrected chi connectivity index (χ2v) is 4.19. The fourth-order valence-electron chi connectivity index (χ4n) is 1.98. The zero-order valence-corrected chi connectivity index (χ0v) is 9.37. The molecule has 1 atom stereocenters. The van der Waals surface area contributed by atoms with E-state index in [4.69, 9.17) is 0 Å². The third kappa shape index (κ3) is 2.22. The van der Waals surface area contributed by atoms with Crippen molar-refractivity contribution < 1.29 is 4.79 Å². The molecule has 76 valence electrons. The van der Waals surface area contributed by atoms with Crippen LogP contribution in [0.15, 0.2) is 24.3 Å². The molecule has 0 saturated heterocycles. The van der Waals surface area contributed by atoms with Crippen LogP contribution in [0.3, 0.4) is 0 Å². The van der Waals surface area contributed by atoms with Gasteiger partial charge in [0.15, 0.2) is 0 Å². The summed E-state index contributed by atoms with van der Waals surface area (Å²) < 4.78 is 0. The van der Waals surface area contributed by atoms with Crippen LogP contribution in [0.2, 0.25) is 0 Å². The SMILES string of the molecule is CC(=O)C(c1ccccc1C)C(C)C. The fraction of sp³-hybridized carbons (Fsp3) is 0.462. The van der Waals surface area contributed by atoms with E-state index in [0.29, 0.717) is 5.92 Å². The second kappa shape index (κ2) is 4.41. The lowest BCUT2D eigenvalue weighted by Gasteiger charge is -2.20. The standard InChI is InChI=1S/C13H18O/c1-9(2)13(11(4)14)12-8-6-5-7-10(12)3/h5-9,13H,1-4H3. The molecule has 0 aliphatic carbocycles. The lowest BCUT2D eigenvalue weighted by Crippen LogP contribution is -2.16. The monoisotopic (exact) mass is 190 g/mol. The first-order valence-electron chi connectivity index (χ1n) is 5.10. The molecular formula is C13H18O. The third-order valence-electron chi connectivity index (χ3n) is 2.63. The Morgan fingerprint density at radius 2 is 1.79 bits per heavy atom. The predicted molar refractivity (Wildman–Crippen MR) is 59.4 cm³/mol. The Labute approximate surface area is 86.1 Å². The van der Waals surface area contributed by atoms with Crippen molar-refractivity contribution >= 4 is 5.78 Å². The Morgan fingerprint density at radius 1 is 1.21 bits per heavy atom. The number of benzene rings is 1. The van der Waals surface area contributed by atoms with E-state index in [-0.39, 0.29) is 11.7 Å². The molecule has 0 bridgehead atoms. The number of hydrogen-bond donors (Lipinski definition) is 0. The molecule has 0 aliphatic heterocycles. The normalized spacial score (nSPS) is 12.9. The highest BCUT2D eigenvalue weighted by atomic mass is 16.1. The van der Waals surface area contributed by atoms with Crippen LogP contribution in [0, 0.1) is 12.8 Å². The van der Waals surface area contributed by atoms with Crippen LogP contribution in [0.25, 0.3) is 0 Å². The molecule has 0 radical (unpaired) electrons. The van der Waals surface area contributed by atoms with Gasteiger partial charge >= 0.3 is 0 Å². The number of hydrogen-bond acceptors (Lipinski definition) is 1. The number of carbonyl (C=O) groups excluding carboxylic acids is 1. The van der Waals surface area contributed by atoms with Gasteiger partial charge in [-0.2, -0.15) is 0 Å². The Hall–Kier alpha value is -1.11. The van der Waals surface area contributed by atoms with Gasteiger partial charge in [0, 0.05) is 5.92 Å². The smallest absolute Gasteiger partial charge is 0.137 e. The number of ketones is 1. The Balaban J connectivity index is 3.12. The third-order valence-corrected chi connectivity index (χ3v) is 2.63. The first-order valence-corrected chi connectivity index (χ1v) is 5.10. The number of Topliss-reactive ketones (excluding diaryl/α,β-unsaturated/α-hetero) is 1. The highest BCUT2D eigenvalue weighted by Gasteiger charge is 2.21. The van der Waals surface area contributed by atoms with Crippen molar-refractivity contribution in [2.45, 2.75) is 33.6 Å². The van der Waals surface area contributed by atoms with E-state index in [0.717, 1.165) is 0 Å². The van der Waals surface area contributed by atoms with Gasteiger partial charge in [-0.25, -0.2) is 0 Å². The molecule has 0 fully saturated rings. The summed E-state index contributed by atoms with van der Waals surface area (Å²) in [5.41, 5.74) is 2.39. The van der Waals surface area contributed by atoms with Crippen molar-refractivity contribution in [3.05, 3.63) is 35.4 Å². The molecule has 1 aromatic carbocycles. The zero-order valence-electron chi connectivity index (χ0n) is 9.37. The quantitative estimate of drug-likeness (QED) is 0.714. The number of aryl methyl sites for hydroxylation is 1. The highest BCUT2D eigenvalue weighted by Crippen LogP contribution is 2.27. The highest BCUT2D eigenvalue weighted by molar-refractivity contribution is 5.84. The molecule has 0 amide bonds. The summed E-state index contributed by atoms with van der Waals surface area (Å²) >= 11 is 0. The summed E-state index contributed by atoms with van der Waals surface area (Å²) in [7, 11) is 0. The van der Waals surface area contributed by atoms with E-state index in [1.807, 2.05) is 12.1 Å². The summed E-state index contributed by atoms with van der Waals surface area (Å²) in [5.74, 6) is 0.680. The molecule has 1 unspecified atom stereocenters. The van der Waals surface area contributed by atoms with E-state index in [1.165, 1.54) is 11.1 Å². The van der Waals surface area contributed by atoms with E-state index in [2.05, 4.69) is 32.9 Å². The Bertz CT molecular complexity index is 326. The van der Waals surface area contributed by atoms with Gasteiger partial charge < -0.3 is 0 Å². The van der Waals surface area contributed by atoms with Gasteiger partial charge in [-0.05, 0) is 30.9 Å². The molecular weight excluding hydrogens is 172 g/mol. The summed E-state index contributed by atoms with van der Waals surface area (Å²) in [6.45, 7) is 7.93. The molecule has 0 aromatic heterocycles. The van der Waals surface area contributed by atoms with Gasteiger partial charge in [0.25, 0.3) is 0 Å². The van der Waals surface area contributed by atoms with Crippen LogP contribution in [0.5, 0.6) is 0 Å². The minimum absolute atomic E-state index is 0.0520. The molecule has 1 rings (SSSR count). The van der Waals surface area contributed by atoms with Crippen molar-refractivity contribution in [1.82, 2.24) is 0 Å². The van der Waals surface area contributed by atoms with E-state index < -0.39 is 0 Å². The lowest BCUT2D eigenvalue weighted by atomic mass is 9.83. The largest absolute Gasteiger partial charge is 0.299 e. The van der Waals surface area contributed by atoms with E-state index >= 15 is 0 Å².